The Balaban J connectivity index is 1.79. The van der Waals surface area contributed by atoms with Crippen LogP contribution in [-0.4, -0.2) is 41.5 Å². The fourth-order valence-electron chi connectivity index (χ4n) is 2.33. The number of halogens is 1. The maximum Gasteiger partial charge on any atom is 0.305 e. The second-order valence-electron chi connectivity index (χ2n) is 5.25. The zero-order valence-corrected chi connectivity index (χ0v) is 13.6. The van der Waals surface area contributed by atoms with E-state index in [-0.39, 0.29) is 18.9 Å². The molecule has 7 heteroatoms. The minimum Gasteiger partial charge on any atom is -0.481 e. The number of carboxylic acids is 1. The highest BCUT2D eigenvalue weighted by atomic mass is 35.5. The maximum atomic E-state index is 12.0. The molecular weight excluding hydrogens is 326 g/mol. The number of benzene rings is 1. The Kier molecular flexibility index (Phi) is 6.11. The van der Waals surface area contributed by atoms with Crippen molar-refractivity contribution < 1.29 is 19.4 Å². The van der Waals surface area contributed by atoms with Gasteiger partial charge in [-0.3, -0.25) is 9.59 Å². The molecule has 1 heterocycles. The first kappa shape index (κ1) is 17.1. The van der Waals surface area contributed by atoms with Gasteiger partial charge in [0.15, 0.2) is 0 Å². The summed E-state index contributed by atoms with van der Waals surface area (Å²) >= 11 is 7.38. The predicted molar refractivity (Wildman–Crippen MR) is 85.4 cm³/mol. The number of carbonyl (C=O) groups excluding carboxylic acids is 1. The van der Waals surface area contributed by atoms with E-state index in [1.807, 2.05) is 24.3 Å². The number of rotatable bonds is 7. The third kappa shape index (κ3) is 5.19. The summed E-state index contributed by atoms with van der Waals surface area (Å²) in [5.41, 5.74) is -0.756. The maximum absolute atomic E-state index is 12.0. The third-order valence-corrected chi connectivity index (χ3v) is 4.67. The smallest absolute Gasteiger partial charge is 0.305 e. The molecule has 120 valence electrons. The highest BCUT2D eigenvalue weighted by molar-refractivity contribution is 7.99. The van der Waals surface area contributed by atoms with Crippen LogP contribution in [0.15, 0.2) is 29.2 Å². The standard InChI is InChI=1S/C15H18ClNO4S/c16-11-1-3-12(4-2-11)22-8-5-13(18)17-15(9-14(19)20)6-7-21-10-15/h1-4H,5-10H2,(H,17,18)(H,19,20). The summed E-state index contributed by atoms with van der Waals surface area (Å²) in [5.74, 6) is -0.452. The van der Waals surface area contributed by atoms with E-state index in [0.717, 1.165) is 4.90 Å². The van der Waals surface area contributed by atoms with Gasteiger partial charge >= 0.3 is 5.97 Å². The van der Waals surface area contributed by atoms with Gasteiger partial charge in [-0.2, -0.15) is 0 Å². The molecule has 0 saturated carbocycles. The molecule has 1 atom stereocenters. The van der Waals surface area contributed by atoms with Gasteiger partial charge in [0.25, 0.3) is 0 Å². The van der Waals surface area contributed by atoms with Gasteiger partial charge in [0, 0.05) is 28.7 Å². The number of ether oxygens (including phenoxy) is 1. The van der Waals surface area contributed by atoms with Crippen LogP contribution in [0.25, 0.3) is 0 Å². The molecule has 0 bridgehead atoms. The number of carbonyl (C=O) groups is 2. The molecule has 1 saturated heterocycles. The zero-order chi connectivity index (χ0) is 16.0. The summed E-state index contributed by atoms with van der Waals surface area (Å²) in [5, 5.41) is 12.5. The first-order chi connectivity index (χ1) is 10.5. The summed E-state index contributed by atoms with van der Waals surface area (Å²) < 4.78 is 5.25. The molecule has 1 aromatic carbocycles. The minimum absolute atomic E-state index is 0.108. The number of nitrogens with one attached hydrogen (secondary N) is 1. The molecule has 1 aliphatic rings. The van der Waals surface area contributed by atoms with Crippen molar-refractivity contribution in [3.05, 3.63) is 29.3 Å². The summed E-state index contributed by atoms with van der Waals surface area (Å²) in [7, 11) is 0. The largest absolute Gasteiger partial charge is 0.481 e. The van der Waals surface area contributed by atoms with Crippen molar-refractivity contribution in [3.63, 3.8) is 0 Å². The predicted octanol–water partition coefficient (Wildman–Crippen LogP) is 2.57. The number of thioether (sulfide) groups is 1. The molecule has 2 rings (SSSR count). The van der Waals surface area contributed by atoms with Crippen molar-refractivity contribution in [3.8, 4) is 0 Å². The van der Waals surface area contributed by atoms with Crippen molar-refractivity contribution in [2.75, 3.05) is 19.0 Å². The van der Waals surface area contributed by atoms with Crippen LogP contribution in [0, 0.1) is 0 Å². The lowest BCUT2D eigenvalue weighted by Crippen LogP contribution is -2.50. The number of carboxylic acid groups (broad SMARTS) is 1. The molecule has 1 aromatic rings. The Bertz CT molecular complexity index is 529. The van der Waals surface area contributed by atoms with Crippen molar-refractivity contribution in [2.24, 2.45) is 0 Å². The van der Waals surface area contributed by atoms with E-state index in [4.69, 9.17) is 21.4 Å². The van der Waals surface area contributed by atoms with Gasteiger partial charge in [0.2, 0.25) is 5.91 Å². The second-order valence-corrected chi connectivity index (χ2v) is 6.86. The summed E-state index contributed by atoms with van der Waals surface area (Å²) in [6, 6.07) is 7.42. The summed E-state index contributed by atoms with van der Waals surface area (Å²) in [6.07, 6.45) is 0.757. The van der Waals surface area contributed by atoms with Crippen LogP contribution < -0.4 is 5.32 Å². The van der Waals surface area contributed by atoms with Gasteiger partial charge in [0.1, 0.15) is 0 Å². The molecule has 2 N–H and O–H groups in total. The quantitative estimate of drug-likeness (QED) is 0.744. The molecule has 1 unspecified atom stereocenters. The van der Waals surface area contributed by atoms with Gasteiger partial charge in [-0.15, -0.1) is 11.8 Å². The lowest BCUT2D eigenvalue weighted by molar-refractivity contribution is -0.139. The number of aliphatic carboxylic acids is 1. The third-order valence-electron chi connectivity index (χ3n) is 3.41. The van der Waals surface area contributed by atoms with E-state index in [9.17, 15) is 9.59 Å². The van der Waals surface area contributed by atoms with Crippen LogP contribution in [0.4, 0.5) is 0 Å². The topological polar surface area (TPSA) is 75.6 Å². The second kappa shape index (κ2) is 7.85. The molecule has 5 nitrogen and oxygen atoms in total. The molecule has 1 amide bonds. The van der Waals surface area contributed by atoms with Crippen LogP contribution in [0.1, 0.15) is 19.3 Å². The van der Waals surface area contributed by atoms with E-state index >= 15 is 0 Å². The fraction of sp³-hybridized carbons (Fsp3) is 0.467. The average Bonchev–Trinajstić information content (AvgIpc) is 2.88. The molecule has 0 aliphatic carbocycles. The minimum atomic E-state index is -0.929. The Hall–Kier alpha value is -1.24. The lowest BCUT2D eigenvalue weighted by Gasteiger charge is -2.27. The summed E-state index contributed by atoms with van der Waals surface area (Å²) in [6.45, 7) is 0.739. The van der Waals surface area contributed by atoms with Crippen LogP contribution in [0.5, 0.6) is 0 Å². The van der Waals surface area contributed by atoms with Gasteiger partial charge in [-0.25, -0.2) is 0 Å². The van der Waals surface area contributed by atoms with Gasteiger partial charge in [0.05, 0.1) is 18.6 Å². The van der Waals surface area contributed by atoms with Gasteiger partial charge < -0.3 is 15.2 Å². The average molecular weight is 344 g/mol. The molecule has 0 aromatic heterocycles. The summed E-state index contributed by atoms with van der Waals surface area (Å²) in [4.78, 5) is 24.0. The number of amides is 1. The SMILES string of the molecule is O=C(O)CC1(NC(=O)CCSc2ccc(Cl)cc2)CCOC1. The van der Waals surface area contributed by atoms with E-state index in [0.29, 0.717) is 30.2 Å². The Labute approximate surface area is 138 Å². The van der Waals surface area contributed by atoms with E-state index < -0.39 is 11.5 Å². The van der Waals surface area contributed by atoms with Crippen molar-refractivity contribution >= 4 is 35.2 Å². The Morgan fingerprint density at radius 2 is 2.09 bits per heavy atom. The van der Waals surface area contributed by atoms with Crippen molar-refractivity contribution in [2.45, 2.75) is 29.7 Å². The van der Waals surface area contributed by atoms with E-state index in [2.05, 4.69) is 5.32 Å². The van der Waals surface area contributed by atoms with Crippen LogP contribution in [0.2, 0.25) is 5.02 Å². The van der Waals surface area contributed by atoms with E-state index in [1.54, 1.807) is 11.8 Å². The highest BCUT2D eigenvalue weighted by Gasteiger charge is 2.38. The molecular formula is C15H18ClNO4S. The highest BCUT2D eigenvalue weighted by Crippen LogP contribution is 2.24. The normalized spacial score (nSPS) is 20.8. The molecule has 22 heavy (non-hydrogen) atoms. The van der Waals surface area contributed by atoms with Gasteiger partial charge in [-0.1, -0.05) is 11.6 Å². The first-order valence-electron chi connectivity index (χ1n) is 6.98. The number of hydrogen-bond donors (Lipinski definition) is 2. The van der Waals surface area contributed by atoms with Crippen LogP contribution >= 0.6 is 23.4 Å². The Morgan fingerprint density at radius 1 is 1.36 bits per heavy atom. The molecule has 0 radical (unpaired) electrons. The molecule has 1 aliphatic heterocycles. The monoisotopic (exact) mass is 343 g/mol. The van der Waals surface area contributed by atoms with Crippen LogP contribution in [-0.2, 0) is 14.3 Å². The van der Waals surface area contributed by atoms with E-state index in [1.165, 1.54) is 0 Å². The zero-order valence-electron chi connectivity index (χ0n) is 12.0. The van der Waals surface area contributed by atoms with Crippen LogP contribution in [0.3, 0.4) is 0 Å². The first-order valence-corrected chi connectivity index (χ1v) is 8.34. The Morgan fingerprint density at radius 3 is 2.68 bits per heavy atom. The fourth-order valence-corrected chi connectivity index (χ4v) is 3.31. The lowest BCUT2D eigenvalue weighted by atomic mass is 9.94. The van der Waals surface area contributed by atoms with Crippen molar-refractivity contribution in [1.29, 1.82) is 0 Å². The van der Waals surface area contributed by atoms with Gasteiger partial charge in [-0.05, 0) is 30.7 Å². The molecule has 0 spiro atoms. The number of hydrogen-bond acceptors (Lipinski definition) is 4. The molecule has 1 fully saturated rings. The van der Waals surface area contributed by atoms with Crippen molar-refractivity contribution in [1.82, 2.24) is 5.32 Å².